The molecule has 0 aliphatic carbocycles. The number of hydrogen-bond acceptors (Lipinski definition) is 5. The number of carbonyl (C=O) groups is 2. The third-order valence-corrected chi connectivity index (χ3v) is 4.98. The smallest absolute Gasteiger partial charge is 0.262 e. The van der Waals surface area contributed by atoms with Crippen LogP contribution in [0.2, 0.25) is 0 Å². The number of anilines is 2. The summed E-state index contributed by atoms with van der Waals surface area (Å²) in [5.74, 6) is 0.362. The number of ether oxygens (including phenoxy) is 1. The minimum absolute atomic E-state index is 0.101. The molecule has 7 nitrogen and oxygen atoms in total. The van der Waals surface area contributed by atoms with Gasteiger partial charge in [-0.15, -0.1) is 0 Å². The fourth-order valence-corrected chi connectivity index (χ4v) is 3.30. The average Bonchev–Trinajstić information content (AvgIpc) is 2.76. The quantitative estimate of drug-likeness (QED) is 0.698. The number of carbonyl (C=O) groups excluding carboxylic acids is 2. The van der Waals surface area contributed by atoms with Crippen molar-refractivity contribution in [2.75, 3.05) is 43.5 Å². The molecule has 0 saturated heterocycles. The van der Waals surface area contributed by atoms with E-state index in [1.54, 1.807) is 0 Å². The minimum atomic E-state index is -0.641. The summed E-state index contributed by atoms with van der Waals surface area (Å²) in [5.41, 5.74) is 2.97. The van der Waals surface area contributed by atoms with E-state index in [1.807, 2.05) is 79.3 Å². The number of nitrogens with one attached hydrogen (secondary N) is 2. The molecule has 1 atom stereocenters. The van der Waals surface area contributed by atoms with Crippen LogP contribution in [0, 0.1) is 0 Å². The van der Waals surface area contributed by atoms with E-state index >= 15 is 0 Å². The van der Waals surface area contributed by atoms with E-state index in [4.69, 9.17) is 4.74 Å². The minimum Gasteiger partial charge on any atom is -0.477 e. The van der Waals surface area contributed by atoms with Crippen LogP contribution in [-0.2, 0) is 16.1 Å². The Morgan fingerprint density at radius 1 is 1.10 bits per heavy atom. The van der Waals surface area contributed by atoms with Crippen LogP contribution in [0.5, 0.6) is 5.75 Å². The zero-order valence-corrected chi connectivity index (χ0v) is 17.9. The summed E-state index contributed by atoms with van der Waals surface area (Å²) < 4.78 is 5.87. The van der Waals surface area contributed by atoms with Gasteiger partial charge in [-0.25, -0.2) is 0 Å². The van der Waals surface area contributed by atoms with E-state index in [0.29, 0.717) is 25.4 Å². The Bertz CT molecular complexity index is 867. The van der Waals surface area contributed by atoms with Gasteiger partial charge in [-0.1, -0.05) is 31.2 Å². The number of rotatable bonds is 8. The van der Waals surface area contributed by atoms with Crippen molar-refractivity contribution in [3.8, 4) is 5.75 Å². The molecule has 2 aromatic rings. The van der Waals surface area contributed by atoms with Gasteiger partial charge in [0.1, 0.15) is 5.75 Å². The Balaban J connectivity index is 1.62. The van der Waals surface area contributed by atoms with Crippen molar-refractivity contribution in [1.82, 2.24) is 10.6 Å². The van der Waals surface area contributed by atoms with Crippen LogP contribution < -0.4 is 25.2 Å². The molecule has 0 radical (unpaired) electrons. The molecule has 0 saturated carbocycles. The molecule has 2 aromatic carbocycles. The van der Waals surface area contributed by atoms with Gasteiger partial charge in [0.05, 0.1) is 18.8 Å². The Labute approximate surface area is 178 Å². The summed E-state index contributed by atoms with van der Waals surface area (Å²) in [5, 5.41) is 5.84. The molecule has 2 N–H and O–H groups in total. The molecule has 1 aliphatic heterocycles. The van der Waals surface area contributed by atoms with Gasteiger partial charge in [0.2, 0.25) is 5.91 Å². The van der Waals surface area contributed by atoms with Crippen molar-refractivity contribution in [2.45, 2.75) is 26.0 Å². The highest BCUT2D eigenvalue weighted by molar-refractivity contribution is 5.86. The lowest BCUT2D eigenvalue weighted by Crippen LogP contribution is -2.51. The molecule has 160 valence electrons. The van der Waals surface area contributed by atoms with Crippen molar-refractivity contribution in [3.63, 3.8) is 0 Å². The van der Waals surface area contributed by atoms with Gasteiger partial charge in [-0.05, 0) is 36.2 Å². The zero-order chi connectivity index (χ0) is 21.5. The molecule has 0 spiro atoms. The van der Waals surface area contributed by atoms with Crippen LogP contribution in [0.15, 0.2) is 48.5 Å². The molecule has 1 heterocycles. The van der Waals surface area contributed by atoms with Crippen LogP contribution in [0.4, 0.5) is 11.4 Å². The maximum absolute atomic E-state index is 12.6. The second-order valence-corrected chi connectivity index (χ2v) is 7.58. The molecule has 3 rings (SSSR count). The Hall–Kier alpha value is -3.22. The molecule has 1 aliphatic rings. The fourth-order valence-electron chi connectivity index (χ4n) is 3.30. The Morgan fingerprint density at radius 3 is 2.53 bits per heavy atom. The number of hydrogen-bond donors (Lipinski definition) is 2. The summed E-state index contributed by atoms with van der Waals surface area (Å²) in [4.78, 5) is 29.0. The molecule has 0 aromatic heterocycles. The summed E-state index contributed by atoms with van der Waals surface area (Å²) in [6.45, 7) is 3.56. The zero-order valence-electron chi connectivity index (χ0n) is 17.9. The summed E-state index contributed by atoms with van der Waals surface area (Å²) in [6.07, 6.45) is 0.217. The molecule has 0 unspecified atom stereocenters. The molecule has 0 fully saturated rings. The second kappa shape index (κ2) is 10.0. The number of nitrogens with zero attached hydrogens (tertiary/aromatic N) is 2. The number of fused-ring (bicyclic) bond motifs is 1. The fraction of sp³-hybridized carbons (Fsp3) is 0.391. The van der Waals surface area contributed by atoms with Gasteiger partial charge in [-0.3, -0.25) is 9.59 Å². The second-order valence-electron chi connectivity index (χ2n) is 7.58. The first kappa shape index (κ1) is 21.5. The van der Waals surface area contributed by atoms with Crippen molar-refractivity contribution in [1.29, 1.82) is 0 Å². The lowest BCUT2D eigenvalue weighted by atomic mass is 10.1. The highest BCUT2D eigenvalue weighted by atomic mass is 16.5. The van der Waals surface area contributed by atoms with E-state index in [0.717, 1.165) is 23.4 Å². The van der Waals surface area contributed by atoms with Crippen LogP contribution in [0.1, 0.15) is 18.9 Å². The SMILES string of the molecule is CCCNC(=O)[C@H]1CN(CC(=O)NCc2ccc(N(C)C)cc2)c2ccccc2O1. The molecular formula is C23H30N4O3. The largest absolute Gasteiger partial charge is 0.477 e. The predicted octanol–water partition coefficient (Wildman–Crippen LogP) is 2.16. The third-order valence-electron chi connectivity index (χ3n) is 4.98. The van der Waals surface area contributed by atoms with Crippen LogP contribution in [0.25, 0.3) is 0 Å². The molecule has 30 heavy (non-hydrogen) atoms. The Kier molecular flexibility index (Phi) is 7.17. The van der Waals surface area contributed by atoms with Gasteiger partial charge in [0.25, 0.3) is 5.91 Å². The Morgan fingerprint density at radius 2 is 1.83 bits per heavy atom. The number of para-hydroxylation sites is 2. The molecule has 7 heteroatoms. The van der Waals surface area contributed by atoms with E-state index in [9.17, 15) is 9.59 Å². The van der Waals surface area contributed by atoms with Crippen molar-refractivity contribution in [2.24, 2.45) is 0 Å². The van der Waals surface area contributed by atoms with Gasteiger partial charge >= 0.3 is 0 Å². The lowest BCUT2D eigenvalue weighted by Gasteiger charge is -2.35. The third kappa shape index (κ3) is 5.43. The topological polar surface area (TPSA) is 73.9 Å². The van der Waals surface area contributed by atoms with E-state index in [1.165, 1.54) is 0 Å². The van der Waals surface area contributed by atoms with Crippen molar-refractivity contribution >= 4 is 23.2 Å². The summed E-state index contributed by atoms with van der Waals surface area (Å²) >= 11 is 0. The van der Waals surface area contributed by atoms with Crippen LogP contribution in [-0.4, -0.2) is 51.6 Å². The van der Waals surface area contributed by atoms with Gasteiger partial charge in [-0.2, -0.15) is 0 Å². The van der Waals surface area contributed by atoms with Crippen LogP contribution >= 0.6 is 0 Å². The maximum atomic E-state index is 12.6. The van der Waals surface area contributed by atoms with Crippen molar-refractivity contribution in [3.05, 3.63) is 54.1 Å². The number of benzene rings is 2. The molecular weight excluding hydrogens is 380 g/mol. The van der Waals surface area contributed by atoms with E-state index in [2.05, 4.69) is 10.6 Å². The lowest BCUT2D eigenvalue weighted by molar-refractivity contribution is -0.128. The molecule has 0 bridgehead atoms. The van der Waals surface area contributed by atoms with Gasteiger partial charge < -0.3 is 25.2 Å². The monoisotopic (exact) mass is 410 g/mol. The van der Waals surface area contributed by atoms with Gasteiger partial charge in [0, 0.05) is 32.9 Å². The number of amides is 2. The first-order chi connectivity index (χ1) is 14.5. The predicted molar refractivity (Wildman–Crippen MR) is 119 cm³/mol. The van der Waals surface area contributed by atoms with E-state index in [-0.39, 0.29) is 18.4 Å². The first-order valence-electron chi connectivity index (χ1n) is 10.3. The summed E-state index contributed by atoms with van der Waals surface area (Å²) in [6, 6.07) is 15.6. The average molecular weight is 411 g/mol. The van der Waals surface area contributed by atoms with E-state index < -0.39 is 6.10 Å². The normalized spacial score (nSPS) is 15.0. The highest BCUT2D eigenvalue weighted by Crippen LogP contribution is 2.32. The first-order valence-corrected chi connectivity index (χ1v) is 10.3. The molecule has 2 amide bonds. The van der Waals surface area contributed by atoms with Crippen LogP contribution in [0.3, 0.4) is 0 Å². The summed E-state index contributed by atoms with van der Waals surface area (Å²) in [7, 11) is 3.99. The van der Waals surface area contributed by atoms with Crippen molar-refractivity contribution < 1.29 is 14.3 Å². The van der Waals surface area contributed by atoms with Gasteiger partial charge in [0.15, 0.2) is 6.10 Å². The standard InChI is InChI=1S/C23H30N4O3/c1-4-13-24-23(29)21-15-27(19-7-5-6-8-20(19)30-21)16-22(28)25-14-17-9-11-18(12-10-17)26(2)3/h5-12,21H,4,13-16H2,1-3H3,(H,24,29)(H,25,28)/t21-/m1/s1. The highest BCUT2D eigenvalue weighted by Gasteiger charge is 2.31. The maximum Gasteiger partial charge on any atom is 0.262 e.